The van der Waals surface area contributed by atoms with Crippen LogP contribution in [0.15, 0.2) is 18.2 Å². The van der Waals surface area contributed by atoms with Gasteiger partial charge in [0.05, 0.1) is 12.0 Å². The van der Waals surface area contributed by atoms with E-state index in [1.165, 1.54) is 12.0 Å². The second-order valence-corrected chi connectivity index (χ2v) is 4.60. The minimum atomic E-state index is -0.787. The van der Waals surface area contributed by atoms with Gasteiger partial charge in [0.15, 0.2) is 0 Å². The lowest BCUT2D eigenvalue weighted by Gasteiger charge is -2.22. The number of nitro groups is 1. The van der Waals surface area contributed by atoms with Crippen LogP contribution in [-0.2, 0) is 9.53 Å². The monoisotopic (exact) mass is 296 g/mol. The van der Waals surface area contributed by atoms with Gasteiger partial charge in [-0.05, 0) is 25.0 Å². The molecule has 1 heterocycles. The average Bonchev–Trinajstić information content (AvgIpc) is 2.94. The first-order valence-corrected chi connectivity index (χ1v) is 6.28. The molecule has 0 unspecified atom stereocenters. The molecule has 7 nitrogen and oxygen atoms in total. The lowest BCUT2D eigenvalue weighted by molar-refractivity contribution is -0.385. The van der Waals surface area contributed by atoms with Crippen LogP contribution in [0.25, 0.3) is 0 Å². The maximum absolute atomic E-state index is 13.3. The molecule has 1 atom stereocenters. The van der Waals surface area contributed by atoms with Crippen LogP contribution in [0, 0.1) is 15.9 Å². The molecule has 0 aromatic heterocycles. The number of hydrogen-bond acceptors (Lipinski definition) is 5. The Morgan fingerprint density at radius 1 is 1.48 bits per heavy atom. The van der Waals surface area contributed by atoms with Crippen LogP contribution in [0.2, 0.25) is 0 Å². The predicted molar refractivity (Wildman–Crippen MR) is 69.1 cm³/mol. The second-order valence-electron chi connectivity index (χ2n) is 4.60. The number of carbonyl (C=O) groups is 2. The Morgan fingerprint density at radius 3 is 2.81 bits per heavy atom. The summed E-state index contributed by atoms with van der Waals surface area (Å²) in [5.41, 5.74) is -0.854. The number of ether oxygens (including phenoxy) is 1. The molecule has 1 aromatic carbocycles. The quantitative estimate of drug-likeness (QED) is 0.479. The van der Waals surface area contributed by atoms with Gasteiger partial charge in [-0.1, -0.05) is 0 Å². The largest absolute Gasteiger partial charge is 0.467 e. The minimum absolute atomic E-state index is 0.270. The molecule has 8 heteroatoms. The van der Waals surface area contributed by atoms with E-state index < -0.39 is 34.3 Å². The van der Waals surface area contributed by atoms with Gasteiger partial charge in [-0.2, -0.15) is 0 Å². The van der Waals surface area contributed by atoms with Crippen LogP contribution in [0.4, 0.5) is 10.1 Å². The van der Waals surface area contributed by atoms with E-state index in [2.05, 4.69) is 4.74 Å². The zero-order valence-electron chi connectivity index (χ0n) is 11.2. The fourth-order valence-electron chi connectivity index (χ4n) is 2.38. The summed E-state index contributed by atoms with van der Waals surface area (Å²) in [6.45, 7) is 0.270. The Kier molecular flexibility index (Phi) is 4.15. The highest BCUT2D eigenvalue weighted by molar-refractivity contribution is 6.00. The van der Waals surface area contributed by atoms with Crippen molar-refractivity contribution in [1.29, 1.82) is 0 Å². The number of carbonyl (C=O) groups excluding carboxylic acids is 2. The lowest BCUT2D eigenvalue weighted by Crippen LogP contribution is -2.41. The summed E-state index contributed by atoms with van der Waals surface area (Å²) in [5.74, 6) is -2.08. The number of hydrogen-bond donors (Lipinski definition) is 0. The number of amides is 1. The molecule has 0 bridgehead atoms. The number of methoxy groups -OCH3 is 1. The number of likely N-dealkylation sites (tertiary alicyclic amines) is 1. The van der Waals surface area contributed by atoms with Gasteiger partial charge in [-0.25, -0.2) is 9.18 Å². The molecule has 0 radical (unpaired) electrons. The number of rotatable bonds is 3. The molecule has 0 spiro atoms. The molecule has 1 aliphatic heterocycles. The van der Waals surface area contributed by atoms with Crippen molar-refractivity contribution in [3.05, 3.63) is 39.7 Å². The first-order valence-electron chi connectivity index (χ1n) is 6.28. The van der Waals surface area contributed by atoms with Gasteiger partial charge in [0, 0.05) is 12.6 Å². The summed E-state index contributed by atoms with van der Waals surface area (Å²) in [5, 5.41) is 10.9. The number of halogens is 1. The van der Waals surface area contributed by atoms with E-state index in [0.717, 1.165) is 18.2 Å². The molecule has 112 valence electrons. The van der Waals surface area contributed by atoms with E-state index in [-0.39, 0.29) is 12.1 Å². The third kappa shape index (κ3) is 2.83. The molecule has 1 aromatic rings. The molecule has 0 N–H and O–H groups in total. The van der Waals surface area contributed by atoms with Crippen molar-refractivity contribution in [2.24, 2.45) is 0 Å². The molecule has 1 saturated heterocycles. The smallest absolute Gasteiger partial charge is 0.328 e. The van der Waals surface area contributed by atoms with Crippen molar-refractivity contribution in [2.75, 3.05) is 13.7 Å². The highest BCUT2D eigenvalue weighted by Gasteiger charge is 2.37. The van der Waals surface area contributed by atoms with Crippen LogP contribution < -0.4 is 0 Å². The summed E-state index contributed by atoms with van der Waals surface area (Å²) in [6, 6.07) is 1.88. The van der Waals surface area contributed by atoms with Crippen molar-refractivity contribution in [2.45, 2.75) is 18.9 Å². The van der Waals surface area contributed by atoms with Crippen LogP contribution in [-0.4, -0.2) is 41.4 Å². The Hall–Kier alpha value is -2.51. The van der Waals surface area contributed by atoms with Gasteiger partial charge in [-0.15, -0.1) is 0 Å². The molecule has 1 amide bonds. The van der Waals surface area contributed by atoms with Crippen LogP contribution >= 0.6 is 0 Å². The maximum atomic E-state index is 13.3. The lowest BCUT2D eigenvalue weighted by atomic mass is 10.1. The van der Waals surface area contributed by atoms with Gasteiger partial charge in [-0.3, -0.25) is 14.9 Å². The number of esters is 1. The molecular weight excluding hydrogens is 283 g/mol. The van der Waals surface area contributed by atoms with E-state index in [9.17, 15) is 24.1 Å². The third-order valence-corrected chi connectivity index (χ3v) is 3.37. The van der Waals surface area contributed by atoms with E-state index in [4.69, 9.17) is 0 Å². The number of nitro benzene ring substituents is 1. The Labute approximate surface area is 119 Å². The highest BCUT2D eigenvalue weighted by atomic mass is 19.1. The molecule has 21 heavy (non-hydrogen) atoms. The van der Waals surface area contributed by atoms with Crippen LogP contribution in [0.5, 0.6) is 0 Å². The van der Waals surface area contributed by atoms with Crippen molar-refractivity contribution in [1.82, 2.24) is 4.90 Å². The molecule has 0 saturated carbocycles. The van der Waals surface area contributed by atoms with Crippen LogP contribution in [0.1, 0.15) is 23.2 Å². The Morgan fingerprint density at radius 2 is 2.19 bits per heavy atom. The molecule has 1 fully saturated rings. The number of benzene rings is 1. The van der Waals surface area contributed by atoms with Gasteiger partial charge in [0.1, 0.15) is 17.4 Å². The van der Waals surface area contributed by atoms with Gasteiger partial charge in [0.2, 0.25) is 0 Å². The van der Waals surface area contributed by atoms with Crippen molar-refractivity contribution in [3.63, 3.8) is 0 Å². The predicted octanol–water partition coefficient (Wildman–Crippen LogP) is 1.51. The maximum Gasteiger partial charge on any atom is 0.328 e. The average molecular weight is 296 g/mol. The second kappa shape index (κ2) is 5.86. The summed E-state index contributed by atoms with van der Waals surface area (Å²) < 4.78 is 17.9. The normalized spacial score (nSPS) is 17.6. The molecule has 2 rings (SSSR count). The van der Waals surface area contributed by atoms with E-state index >= 15 is 0 Å². The van der Waals surface area contributed by atoms with Gasteiger partial charge < -0.3 is 9.64 Å². The third-order valence-electron chi connectivity index (χ3n) is 3.37. The van der Waals surface area contributed by atoms with E-state index in [1.54, 1.807) is 0 Å². The fourth-order valence-corrected chi connectivity index (χ4v) is 2.38. The molecule has 1 aliphatic rings. The Balaban J connectivity index is 2.37. The Bertz CT molecular complexity index is 604. The standard InChI is InChI=1S/C13H13FN2O5/c1-21-13(18)11-3-2-6-15(11)12(17)9-7-8(14)4-5-10(9)16(19)20/h4-5,7,11H,2-3,6H2,1H3/t11-/m0/s1. The van der Waals surface area contributed by atoms with Crippen molar-refractivity contribution in [3.8, 4) is 0 Å². The zero-order chi connectivity index (χ0) is 15.6. The van der Waals surface area contributed by atoms with Gasteiger partial charge >= 0.3 is 5.97 Å². The fraction of sp³-hybridized carbons (Fsp3) is 0.385. The van der Waals surface area contributed by atoms with E-state index in [1.807, 2.05) is 0 Å². The van der Waals surface area contributed by atoms with Crippen molar-refractivity contribution >= 4 is 17.6 Å². The summed E-state index contributed by atoms with van der Waals surface area (Å²) in [4.78, 5) is 35.4. The van der Waals surface area contributed by atoms with Crippen LogP contribution in [0.3, 0.4) is 0 Å². The topological polar surface area (TPSA) is 89.8 Å². The SMILES string of the molecule is COC(=O)[C@@H]1CCCN1C(=O)c1cc(F)ccc1[N+](=O)[O-]. The van der Waals surface area contributed by atoms with Crippen molar-refractivity contribution < 1.29 is 23.6 Å². The summed E-state index contributed by atoms with van der Waals surface area (Å²) in [7, 11) is 1.20. The molecule has 0 aliphatic carbocycles. The zero-order valence-corrected chi connectivity index (χ0v) is 11.2. The summed E-state index contributed by atoms with van der Waals surface area (Å²) in [6.07, 6.45) is 0.996. The number of nitrogens with zero attached hydrogens (tertiary/aromatic N) is 2. The highest BCUT2D eigenvalue weighted by Crippen LogP contribution is 2.26. The van der Waals surface area contributed by atoms with Gasteiger partial charge in [0.25, 0.3) is 11.6 Å². The minimum Gasteiger partial charge on any atom is -0.467 e. The first-order chi connectivity index (χ1) is 9.95. The summed E-state index contributed by atoms with van der Waals surface area (Å²) >= 11 is 0. The molecular formula is C13H13FN2O5. The first kappa shape index (κ1) is 14.9. The van der Waals surface area contributed by atoms with E-state index in [0.29, 0.717) is 12.8 Å².